The predicted octanol–water partition coefficient (Wildman–Crippen LogP) is 4.98. The van der Waals surface area contributed by atoms with E-state index in [0.717, 1.165) is 5.56 Å². The van der Waals surface area contributed by atoms with Crippen LogP contribution in [0.25, 0.3) is 11.3 Å². The smallest absolute Gasteiger partial charge is 0.276 e. The van der Waals surface area contributed by atoms with Gasteiger partial charge in [-0.15, -0.1) is 0 Å². The van der Waals surface area contributed by atoms with Crippen LogP contribution in [-0.2, 0) is 17.1 Å². The summed E-state index contributed by atoms with van der Waals surface area (Å²) in [6, 6.07) is 23.5. The number of hydrogen-bond donors (Lipinski definition) is 2. The number of carbonyl (C=O) groups excluding carboxylic acids is 2. The van der Waals surface area contributed by atoms with Gasteiger partial charge >= 0.3 is 0 Å². The Morgan fingerprint density at radius 2 is 1.50 bits per heavy atom. The molecule has 0 spiro atoms. The number of nitrogens with one attached hydrogen (secondary N) is 2. The highest BCUT2D eigenvalue weighted by Gasteiger charge is 2.29. The Balaban J connectivity index is 1.45. The van der Waals surface area contributed by atoms with E-state index in [4.69, 9.17) is 4.52 Å². The number of rotatable bonds is 8. The zero-order chi connectivity index (χ0) is 28.4. The average molecular weight is 556 g/mol. The lowest BCUT2D eigenvalue weighted by Gasteiger charge is -2.09. The number of aromatic nitrogens is 3. The summed E-state index contributed by atoms with van der Waals surface area (Å²) in [5, 5.41) is 10.9. The number of sulfonamides is 1. The summed E-state index contributed by atoms with van der Waals surface area (Å²) in [5.74, 6) is -0.920. The maximum Gasteiger partial charge on any atom is 0.276 e. The van der Waals surface area contributed by atoms with Crippen molar-refractivity contribution in [1.29, 1.82) is 0 Å². The summed E-state index contributed by atoms with van der Waals surface area (Å²) in [6.07, 6.45) is 0. The molecule has 202 valence electrons. The second kappa shape index (κ2) is 10.6. The first-order chi connectivity index (χ1) is 19.2. The Bertz CT molecular complexity index is 1810. The fourth-order valence-corrected chi connectivity index (χ4v) is 5.20. The number of carbonyl (C=O) groups is 2. The first-order valence-electron chi connectivity index (χ1n) is 12.2. The maximum atomic E-state index is 13.6. The highest BCUT2D eigenvalue weighted by atomic mass is 32.2. The Morgan fingerprint density at radius 3 is 2.10 bits per heavy atom. The number of ketones is 1. The van der Waals surface area contributed by atoms with Crippen molar-refractivity contribution in [3.05, 3.63) is 113 Å². The molecular formula is C29H25N5O5S. The normalized spacial score (nSPS) is 11.3. The third-order valence-electron chi connectivity index (χ3n) is 6.38. The second-order valence-corrected chi connectivity index (χ2v) is 10.7. The quantitative estimate of drug-likeness (QED) is 0.258. The first-order valence-corrected chi connectivity index (χ1v) is 13.7. The van der Waals surface area contributed by atoms with Gasteiger partial charge in [0.25, 0.3) is 15.9 Å². The van der Waals surface area contributed by atoms with Crippen molar-refractivity contribution in [1.82, 2.24) is 14.9 Å². The molecule has 1 amide bonds. The van der Waals surface area contributed by atoms with Gasteiger partial charge in [0.05, 0.1) is 21.8 Å². The van der Waals surface area contributed by atoms with E-state index in [0.29, 0.717) is 28.2 Å². The van der Waals surface area contributed by atoms with Gasteiger partial charge in [-0.25, -0.2) is 13.1 Å². The lowest BCUT2D eigenvalue weighted by molar-refractivity contribution is 0.0993. The van der Waals surface area contributed by atoms with Gasteiger partial charge in [0, 0.05) is 29.4 Å². The summed E-state index contributed by atoms with van der Waals surface area (Å²) >= 11 is 0. The largest absolute Gasteiger partial charge is 0.337 e. The van der Waals surface area contributed by atoms with Crippen molar-refractivity contribution in [2.75, 3.05) is 10.0 Å². The maximum absolute atomic E-state index is 13.6. The third kappa shape index (κ3) is 5.14. The second-order valence-electron chi connectivity index (χ2n) is 9.06. The number of amides is 1. The van der Waals surface area contributed by atoms with Crippen LogP contribution in [0.2, 0.25) is 0 Å². The van der Waals surface area contributed by atoms with E-state index in [1.54, 1.807) is 51.2 Å². The van der Waals surface area contributed by atoms with Crippen LogP contribution >= 0.6 is 0 Å². The van der Waals surface area contributed by atoms with Crippen LogP contribution in [-0.4, -0.2) is 35.0 Å². The molecule has 2 N–H and O–H groups in total. The Labute approximate surface area is 230 Å². The van der Waals surface area contributed by atoms with E-state index in [1.807, 2.05) is 30.3 Å². The number of aryl methyl sites for hydroxylation is 2. The molecule has 0 atom stereocenters. The molecule has 0 saturated heterocycles. The van der Waals surface area contributed by atoms with Crippen molar-refractivity contribution in [3.63, 3.8) is 0 Å². The van der Waals surface area contributed by atoms with Crippen molar-refractivity contribution in [2.24, 2.45) is 7.05 Å². The topological polar surface area (TPSA) is 136 Å². The Morgan fingerprint density at radius 1 is 0.875 bits per heavy atom. The van der Waals surface area contributed by atoms with E-state index in [-0.39, 0.29) is 27.8 Å². The van der Waals surface area contributed by atoms with Gasteiger partial charge in [0.1, 0.15) is 0 Å². The van der Waals surface area contributed by atoms with E-state index in [1.165, 1.54) is 28.9 Å². The molecule has 10 nitrogen and oxygen atoms in total. The number of nitrogens with zero attached hydrogens (tertiary/aromatic N) is 3. The van der Waals surface area contributed by atoms with Crippen LogP contribution in [0.3, 0.4) is 0 Å². The predicted molar refractivity (Wildman–Crippen MR) is 150 cm³/mol. The van der Waals surface area contributed by atoms with Gasteiger partial charge in [-0.1, -0.05) is 65.8 Å². The Kier molecular flexibility index (Phi) is 7.05. The fourth-order valence-electron chi connectivity index (χ4n) is 4.16. The third-order valence-corrected chi connectivity index (χ3v) is 7.73. The first kappa shape index (κ1) is 26.6. The lowest BCUT2D eigenvalue weighted by atomic mass is 9.97. The molecule has 0 unspecified atom stereocenters. The molecule has 5 aromatic rings. The van der Waals surface area contributed by atoms with Crippen LogP contribution in [0.5, 0.6) is 0 Å². The monoisotopic (exact) mass is 555 g/mol. The van der Waals surface area contributed by atoms with Gasteiger partial charge < -0.3 is 9.84 Å². The molecule has 0 aliphatic carbocycles. The molecule has 0 saturated carbocycles. The Hall–Kier alpha value is -5.03. The molecule has 5 rings (SSSR count). The molecule has 40 heavy (non-hydrogen) atoms. The number of hydrogen-bond acceptors (Lipinski definition) is 7. The lowest BCUT2D eigenvalue weighted by Crippen LogP contribution is -2.17. The van der Waals surface area contributed by atoms with Gasteiger partial charge in [0.15, 0.2) is 11.5 Å². The van der Waals surface area contributed by atoms with E-state index < -0.39 is 15.9 Å². The zero-order valence-electron chi connectivity index (χ0n) is 21.9. The van der Waals surface area contributed by atoms with E-state index >= 15 is 0 Å². The average Bonchev–Trinajstić information content (AvgIpc) is 3.47. The zero-order valence-corrected chi connectivity index (χ0v) is 22.7. The summed E-state index contributed by atoms with van der Waals surface area (Å²) in [7, 11) is -2.29. The molecule has 2 heterocycles. The molecular weight excluding hydrogens is 530 g/mol. The van der Waals surface area contributed by atoms with Gasteiger partial charge in [0.2, 0.25) is 5.88 Å². The minimum absolute atomic E-state index is 0.0369. The van der Waals surface area contributed by atoms with Crippen LogP contribution in [0.15, 0.2) is 94.3 Å². The molecule has 3 aromatic carbocycles. The molecule has 0 bridgehead atoms. The van der Waals surface area contributed by atoms with E-state index in [2.05, 4.69) is 20.3 Å². The van der Waals surface area contributed by atoms with E-state index in [9.17, 15) is 18.0 Å². The van der Waals surface area contributed by atoms with Crippen molar-refractivity contribution in [2.45, 2.75) is 18.7 Å². The van der Waals surface area contributed by atoms with Crippen molar-refractivity contribution >= 4 is 33.3 Å². The molecule has 0 radical (unpaired) electrons. The standard InChI is InChI=1S/C29H25N5O5S/c1-18-19(2)32-39-29(18)33-40(37,38)23-16-14-22(15-17-23)30-28(36)25-24(27(35)21-12-8-5-9-13-21)26(34(3)31-25)20-10-6-4-7-11-20/h4-17,33H,1-3H3,(H,30,36). The highest BCUT2D eigenvalue weighted by molar-refractivity contribution is 7.92. The van der Waals surface area contributed by atoms with Crippen LogP contribution in [0.4, 0.5) is 11.6 Å². The minimum Gasteiger partial charge on any atom is -0.337 e. The number of anilines is 2. The molecule has 0 fully saturated rings. The molecule has 11 heteroatoms. The SMILES string of the molecule is Cc1noc(NS(=O)(=O)c2ccc(NC(=O)c3nn(C)c(-c4ccccc4)c3C(=O)c3ccccc3)cc2)c1C. The summed E-state index contributed by atoms with van der Waals surface area (Å²) in [4.78, 5) is 27.0. The summed E-state index contributed by atoms with van der Waals surface area (Å²) < 4.78 is 34.6. The van der Waals surface area contributed by atoms with Crippen LogP contribution < -0.4 is 10.0 Å². The fraction of sp³-hybridized carbons (Fsp3) is 0.103. The van der Waals surface area contributed by atoms with Gasteiger partial charge in [-0.05, 0) is 38.1 Å². The number of benzene rings is 3. The van der Waals surface area contributed by atoms with Crippen molar-refractivity contribution < 1.29 is 22.5 Å². The highest BCUT2D eigenvalue weighted by Crippen LogP contribution is 2.29. The minimum atomic E-state index is -3.96. The summed E-state index contributed by atoms with van der Waals surface area (Å²) in [6.45, 7) is 3.40. The van der Waals surface area contributed by atoms with Crippen LogP contribution in [0, 0.1) is 13.8 Å². The molecule has 0 aliphatic heterocycles. The van der Waals surface area contributed by atoms with Gasteiger partial charge in [-0.2, -0.15) is 5.10 Å². The van der Waals surface area contributed by atoms with Gasteiger partial charge in [-0.3, -0.25) is 14.3 Å². The molecule has 0 aliphatic rings. The summed E-state index contributed by atoms with van der Waals surface area (Å²) in [5.41, 5.74) is 3.24. The van der Waals surface area contributed by atoms with Crippen molar-refractivity contribution in [3.8, 4) is 11.3 Å². The molecule has 2 aromatic heterocycles. The van der Waals surface area contributed by atoms with Crippen LogP contribution in [0.1, 0.15) is 37.7 Å².